The van der Waals surface area contributed by atoms with E-state index < -0.39 is 0 Å². The lowest BCUT2D eigenvalue weighted by atomic mass is 9.80. The summed E-state index contributed by atoms with van der Waals surface area (Å²) in [6.45, 7) is 9.70. The highest BCUT2D eigenvalue weighted by atomic mass is 32.1. The normalized spacial score (nSPS) is 14.8. The zero-order chi connectivity index (χ0) is 43.8. The molecule has 2 aliphatic heterocycles. The fourth-order valence-electron chi connectivity index (χ4n) is 10.1. The smallest absolute Gasteiger partial charge is 0.262 e. The minimum atomic E-state index is -0.309. The molecule has 6 nitrogen and oxygen atoms in total. The summed E-state index contributed by atoms with van der Waals surface area (Å²) in [5.74, 6) is -0.799. The van der Waals surface area contributed by atoms with E-state index in [2.05, 4.69) is 27.7 Å². The van der Waals surface area contributed by atoms with Crippen molar-refractivity contribution in [3.05, 3.63) is 69.4 Å². The van der Waals surface area contributed by atoms with Gasteiger partial charge in [-0.2, -0.15) is 0 Å². The van der Waals surface area contributed by atoms with Gasteiger partial charge in [-0.3, -0.25) is 29.0 Å². The maximum Gasteiger partial charge on any atom is 0.262 e. The summed E-state index contributed by atoms with van der Waals surface area (Å²) in [6, 6.07) is 11.7. The quantitative estimate of drug-likeness (QED) is 0.0386. The van der Waals surface area contributed by atoms with E-state index in [1.165, 1.54) is 110 Å². The number of carbonyl (C=O) groups excluding carboxylic acids is 4. The monoisotopic (exact) mass is 879 g/mol. The van der Waals surface area contributed by atoms with Crippen molar-refractivity contribution >= 4 is 57.1 Å². The van der Waals surface area contributed by atoms with E-state index in [4.69, 9.17) is 0 Å². The Morgan fingerprint density at radius 2 is 0.742 bits per heavy atom. The number of imide groups is 2. The molecule has 4 heterocycles. The third-order valence-corrected chi connectivity index (χ3v) is 15.4. The van der Waals surface area contributed by atoms with Gasteiger partial charge in [-0.05, 0) is 72.5 Å². The Morgan fingerprint density at radius 1 is 0.419 bits per heavy atom. The number of nitrogens with zero attached hydrogens (tertiary/aromatic N) is 2. The topological polar surface area (TPSA) is 74.8 Å². The first kappa shape index (κ1) is 47.8. The third kappa shape index (κ3) is 11.5. The highest BCUT2D eigenvalue weighted by Gasteiger charge is 2.44. The van der Waals surface area contributed by atoms with E-state index in [1.807, 2.05) is 47.2 Å². The molecule has 4 amide bonds. The number of benzene rings is 2. The minimum Gasteiger partial charge on any atom is -0.274 e. The molecule has 0 fully saturated rings. The first-order valence-corrected chi connectivity index (χ1v) is 26.6. The SMILES string of the molecule is CCCCCCCCC(CCCCCC)CN1C(=O)c2cc(-c3cccs3)c3c4c(cc(-c5cccs5)c(c24)C1=O)C(=O)N(CC(CCCCCC)CCCCCCCC)C3=O. The summed E-state index contributed by atoms with van der Waals surface area (Å²) in [6.07, 6.45) is 27.6. The van der Waals surface area contributed by atoms with Crippen molar-refractivity contribution in [3.8, 4) is 20.9 Å². The number of rotatable bonds is 30. The summed E-state index contributed by atoms with van der Waals surface area (Å²) < 4.78 is 0. The van der Waals surface area contributed by atoms with E-state index >= 15 is 19.2 Å². The van der Waals surface area contributed by atoms with Crippen molar-refractivity contribution in [3.63, 3.8) is 0 Å². The predicted molar refractivity (Wildman–Crippen MR) is 262 cm³/mol. The lowest BCUT2D eigenvalue weighted by molar-refractivity contribution is 0.0557. The molecule has 2 unspecified atom stereocenters. The Labute approximate surface area is 381 Å². The zero-order valence-electron chi connectivity index (χ0n) is 38.5. The molecule has 0 radical (unpaired) electrons. The summed E-state index contributed by atoms with van der Waals surface area (Å²) in [7, 11) is 0. The summed E-state index contributed by atoms with van der Waals surface area (Å²) in [5, 5.41) is 4.95. The molecule has 0 bridgehead atoms. The molecule has 4 aromatic rings. The van der Waals surface area contributed by atoms with Gasteiger partial charge in [0.1, 0.15) is 0 Å². The lowest BCUT2D eigenvalue weighted by Crippen LogP contribution is -2.46. The van der Waals surface area contributed by atoms with Crippen LogP contribution in [0.3, 0.4) is 0 Å². The van der Waals surface area contributed by atoms with Gasteiger partial charge in [0.15, 0.2) is 0 Å². The van der Waals surface area contributed by atoms with Gasteiger partial charge in [-0.15, -0.1) is 22.7 Å². The van der Waals surface area contributed by atoms with E-state index in [0.29, 0.717) is 57.2 Å². The number of unbranched alkanes of at least 4 members (excludes halogenated alkanes) is 16. The van der Waals surface area contributed by atoms with Gasteiger partial charge in [-0.25, -0.2) is 0 Å². The van der Waals surface area contributed by atoms with Crippen LogP contribution in [-0.2, 0) is 0 Å². The van der Waals surface area contributed by atoms with Crippen LogP contribution in [0.25, 0.3) is 31.7 Å². The van der Waals surface area contributed by atoms with Gasteiger partial charge in [0, 0.05) is 55.9 Å². The van der Waals surface area contributed by atoms with Crippen molar-refractivity contribution in [2.45, 2.75) is 182 Å². The van der Waals surface area contributed by atoms with Crippen molar-refractivity contribution in [1.29, 1.82) is 0 Å². The maximum atomic E-state index is 15.2. The molecule has 2 aliphatic rings. The summed E-state index contributed by atoms with van der Waals surface area (Å²) in [4.78, 5) is 65.3. The Hall–Kier alpha value is -3.62. The van der Waals surface area contributed by atoms with Crippen molar-refractivity contribution in [1.82, 2.24) is 9.80 Å². The highest BCUT2D eigenvalue weighted by Crippen LogP contribution is 2.47. The maximum absolute atomic E-state index is 15.2. The van der Waals surface area contributed by atoms with Crippen LogP contribution in [0.1, 0.15) is 223 Å². The molecular formula is C54H74N2O4S2. The van der Waals surface area contributed by atoms with Crippen LogP contribution in [0.15, 0.2) is 47.2 Å². The molecule has 0 N–H and O–H groups in total. The molecule has 0 aliphatic carbocycles. The van der Waals surface area contributed by atoms with Crippen LogP contribution in [0.4, 0.5) is 0 Å². The molecule has 0 saturated heterocycles. The first-order valence-electron chi connectivity index (χ1n) is 24.8. The lowest BCUT2D eigenvalue weighted by Gasteiger charge is -2.36. The number of hydrogen-bond donors (Lipinski definition) is 0. The number of amides is 4. The van der Waals surface area contributed by atoms with Gasteiger partial charge in [-0.1, -0.05) is 168 Å². The number of thiophene rings is 2. The van der Waals surface area contributed by atoms with Gasteiger partial charge in [0.05, 0.1) is 11.1 Å². The van der Waals surface area contributed by atoms with Crippen molar-refractivity contribution in [2.75, 3.05) is 13.1 Å². The summed E-state index contributed by atoms with van der Waals surface area (Å²) >= 11 is 3.07. The fourth-order valence-corrected chi connectivity index (χ4v) is 11.6. The molecule has 6 rings (SSSR count). The Kier molecular flexibility index (Phi) is 18.9. The zero-order valence-corrected chi connectivity index (χ0v) is 40.1. The number of hydrogen-bond acceptors (Lipinski definition) is 6. The van der Waals surface area contributed by atoms with E-state index in [0.717, 1.165) is 86.8 Å². The van der Waals surface area contributed by atoms with Crippen LogP contribution in [0, 0.1) is 11.8 Å². The second kappa shape index (κ2) is 24.4. The highest BCUT2D eigenvalue weighted by molar-refractivity contribution is 7.14. The van der Waals surface area contributed by atoms with Crippen LogP contribution in [-0.4, -0.2) is 46.5 Å². The van der Waals surface area contributed by atoms with Crippen molar-refractivity contribution in [2.24, 2.45) is 11.8 Å². The number of carbonyl (C=O) groups is 4. The van der Waals surface area contributed by atoms with Crippen LogP contribution >= 0.6 is 22.7 Å². The molecule has 8 heteroatoms. The van der Waals surface area contributed by atoms with Crippen LogP contribution in [0.2, 0.25) is 0 Å². The first-order chi connectivity index (χ1) is 30.3. The van der Waals surface area contributed by atoms with E-state index in [1.54, 1.807) is 0 Å². The molecular weight excluding hydrogens is 805 g/mol. The van der Waals surface area contributed by atoms with Gasteiger partial charge < -0.3 is 0 Å². The molecule has 62 heavy (non-hydrogen) atoms. The van der Waals surface area contributed by atoms with Gasteiger partial charge in [0.25, 0.3) is 23.6 Å². The molecule has 0 saturated carbocycles. The molecule has 0 spiro atoms. The van der Waals surface area contributed by atoms with Crippen LogP contribution in [0.5, 0.6) is 0 Å². The van der Waals surface area contributed by atoms with E-state index in [-0.39, 0.29) is 35.5 Å². The fraction of sp³-hybridized carbons (Fsp3) is 0.593. The molecule has 2 aromatic heterocycles. The van der Waals surface area contributed by atoms with E-state index in [9.17, 15) is 0 Å². The molecule has 2 aromatic carbocycles. The average molecular weight is 879 g/mol. The predicted octanol–water partition coefficient (Wildman–Crippen LogP) is 16.2. The third-order valence-electron chi connectivity index (χ3n) is 13.6. The second-order valence-corrected chi connectivity index (χ2v) is 20.3. The van der Waals surface area contributed by atoms with Gasteiger partial charge >= 0.3 is 0 Å². The Bertz CT molecular complexity index is 1920. The Morgan fingerprint density at radius 3 is 1.06 bits per heavy atom. The Balaban J connectivity index is 1.41. The molecule has 336 valence electrons. The summed E-state index contributed by atoms with van der Waals surface area (Å²) in [5.41, 5.74) is 3.13. The average Bonchev–Trinajstić information content (AvgIpc) is 4.03. The van der Waals surface area contributed by atoms with Crippen LogP contribution < -0.4 is 0 Å². The largest absolute Gasteiger partial charge is 0.274 e. The van der Waals surface area contributed by atoms with Crippen molar-refractivity contribution < 1.29 is 19.2 Å². The minimum absolute atomic E-state index is 0.213. The molecule has 2 atom stereocenters. The second-order valence-electron chi connectivity index (χ2n) is 18.4. The standard InChI is InChI=1S/C54H74N2O4S2/c1-5-9-13-17-19-23-29-39(27-21-15-11-7-3)37-55-51(57)43-35-42(46-32-26-34-62-46)50-48-44(36-41(45-31-25-33-61-45)49(47(43)48)53(55)59)52(58)56(54(50)60)38-40(28-22-16-12-8-4)30-24-20-18-14-10-6-2/h25-26,31-36,39-40H,5-24,27-30,37-38H2,1-4H3. The van der Waals surface area contributed by atoms with Gasteiger partial charge in [0.2, 0.25) is 0 Å².